The fraction of sp³-hybridized carbons (Fsp3) is 0.818. The zero-order chi connectivity index (χ0) is 32.7. The third kappa shape index (κ3) is 10.6. The van der Waals surface area contributed by atoms with Crippen LogP contribution < -0.4 is 20.8 Å². The van der Waals surface area contributed by atoms with Crippen molar-refractivity contribution in [1.29, 1.82) is 0 Å². The van der Waals surface area contributed by atoms with Gasteiger partial charge in [0, 0.05) is 26.7 Å². The maximum Gasteiger partial charge on any atom is 2.00 e. The summed E-state index contributed by atoms with van der Waals surface area (Å²) in [7, 11) is 0. The SMILES string of the molecule is CC(=O)N[C@H]1[C@H]([C@H](O)[C@H](O)CO)O[C@](O)(C(=O)[O-])C[C@@H]1O.CC(=O)N[C@H]1[C@H]([C@H](O)[C@H](O)CO)O[C@](O)(C(=O)[O-])C[C@@H]1O.[Mg+2]. The average molecular weight is 641 g/mol. The molecule has 0 spiro atoms. The van der Waals surface area contributed by atoms with Crippen molar-refractivity contribution in [2.75, 3.05) is 13.2 Å². The molecule has 0 radical (unpaired) electrons. The van der Waals surface area contributed by atoms with Crippen molar-refractivity contribution in [3.05, 3.63) is 0 Å². The Kier molecular flexibility index (Phi) is 16.3. The summed E-state index contributed by atoms with van der Waals surface area (Å²) < 4.78 is 9.60. The first-order chi connectivity index (χ1) is 19.2. The van der Waals surface area contributed by atoms with Crippen molar-refractivity contribution in [2.45, 2.75) is 99.2 Å². The molecule has 2 amide bonds. The molecule has 43 heavy (non-hydrogen) atoms. The van der Waals surface area contributed by atoms with Gasteiger partial charge < -0.3 is 91.0 Å². The molecule has 2 rings (SSSR count). The molecule has 0 aromatic heterocycles. The predicted octanol–water partition coefficient (Wildman–Crippen LogP) is -10.8. The molecule has 0 saturated carbocycles. The van der Waals surface area contributed by atoms with Gasteiger partial charge in [-0.25, -0.2) is 0 Å². The van der Waals surface area contributed by atoms with Crippen LogP contribution in [0.4, 0.5) is 0 Å². The predicted molar refractivity (Wildman–Crippen MR) is 130 cm³/mol. The Morgan fingerprint density at radius 1 is 0.744 bits per heavy atom. The van der Waals surface area contributed by atoms with Gasteiger partial charge in [0.15, 0.2) is 0 Å². The molecule has 0 unspecified atom stereocenters. The van der Waals surface area contributed by atoms with Gasteiger partial charge in [-0.15, -0.1) is 0 Å². The molecule has 244 valence electrons. The second-order valence-electron chi connectivity index (χ2n) is 9.79. The van der Waals surface area contributed by atoms with Gasteiger partial charge in [-0.3, -0.25) is 9.59 Å². The second-order valence-corrected chi connectivity index (χ2v) is 9.79. The van der Waals surface area contributed by atoms with Gasteiger partial charge in [-0.1, -0.05) is 0 Å². The van der Waals surface area contributed by atoms with Gasteiger partial charge in [0.2, 0.25) is 23.4 Å². The number of aliphatic hydroxyl groups is 10. The van der Waals surface area contributed by atoms with Crippen LogP contribution in [-0.2, 0) is 28.7 Å². The molecule has 2 saturated heterocycles. The van der Waals surface area contributed by atoms with Crippen molar-refractivity contribution in [1.82, 2.24) is 10.6 Å². The number of rotatable bonds is 10. The standard InChI is InChI=1S/2C11H19NO9.Mg/c2*1-4(14)12-7-5(15)2-11(20,10(18)19)21-9(7)8(17)6(16)3-13;/h2*5-9,13,15-17,20H,2-3H2,1H3,(H,12,14)(H,18,19);/q;;+2/p-2/t2*5-,6+,7+,8+,9+,11-;/m00./s1. The van der Waals surface area contributed by atoms with E-state index in [9.17, 15) is 70.2 Å². The molecule has 0 aromatic carbocycles. The first-order valence-electron chi connectivity index (χ1n) is 12.3. The zero-order valence-electron chi connectivity index (χ0n) is 23.0. The van der Waals surface area contributed by atoms with Crippen LogP contribution in [0.5, 0.6) is 0 Å². The number of carboxylic acids is 2. The average Bonchev–Trinajstić information content (AvgIpc) is 2.89. The summed E-state index contributed by atoms with van der Waals surface area (Å²) in [5, 5.41) is 122. The number of carbonyl (C=O) groups excluding carboxylic acids is 4. The van der Waals surface area contributed by atoms with Gasteiger partial charge in [0.05, 0.1) is 37.5 Å². The number of aliphatic carboxylic acids is 2. The first-order valence-corrected chi connectivity index (χ1v) is 12.3. The van der Waals surface area contributed by atoms with Crippen LogP contribution in [0, 0.1) is 0 Å². The third-order valence-corrected chi connectivity index (χ3v) is 6.38. The number of hydrogen-bond acceptors (Lipinski definition) is 18. The summed E-state index contributed by atoms with van der Waals surface area (Å²) in [6.07, 6.45) is -15.3. The maximum atomic E-state index is 11.1. The number of aliphatic hydroxyl groups excluding tert-OH is 8. The number of carbonyl (C=O) groups is 4. The molecule has 2 heterocycles. The Morgan fingerprint density at radius 3 is 1.23 bits per heavy atom. The van der Waals surface area contributed by atoms with Gasteiger partial charge in [0.1, 0.15) is 48.6 Å². The molecule has 20 nitrogen and oxygen atoms in total. The quantitative estimate of drug-likeness (QED) is 0.0985. The van der Waals surface area contributed by atoms with E-state index in [2.05, 4.69) is 10.6 Å². The van der Waals surface area contributed by atoms with Gasteiger partial charge in [-0.2, -0.15) is 0 Å². The van der Waals surface area contributed by atoms with Crippen LogP contribution in [0.15, 0.2) is 0 Å². The molecule has 21 heteroatoms. The Bertz CT molecular complexity index is 887. The van der Waals surface area contributed by atoms with E-state index in [0.29, 0.717) is 0 Å². The van der Waals surface area contributed by atoms with Crippen LogP contribution in [0.25, 0.3) is 0 Å². The number of ether oxygens (including phenoxy) is 2. The number of carboxylic acid groups (broad SMARTS) is 2. The molecular formula is C22H36MgN2O18. The van der Waals surface area contributed by atoms with Crippen molar-refractivity contribution in [3.63, 3.8) is 0 Å². The largest absolute Gasteiger partial charge is 2.00 e. The fourth-order valence-corrected chi connectivity index (χ4v) is 4.26. The van der Waals surface area contributed by atoms with E-state index < -0.39 is 122 Å². The molecule has 2 aliphatic heterocycles. The molecule has 2 aliphatic rings. The topological polar surface area (TPSA) is 359 Å². The summed E-state index contributed by atoms with van der Waals surface area (Å²) in [6.45, 7) is 0.456. The molecule has 0 aliphatic carbocycles. The summed E-state index contributed by atoms with van der Waals surface area (Å²) in [5.41, 5.74) is 0. The van der Waals surface area contributed by atoms with Crippen LogP contribution >= 0.6 is 0 Å². The summed E-state index contributed by atoms with van der Waals surface area (Å²) in [6, 6.07) is -2.59. The van der Waals surface area contributed by atoms with Crippen molar-refractivity contribution < 1.29 is 89.9 Å². The molecule has 12 atom stereocenters. The monoisotopic (exact) mass is 640 g/mol. The Labute approximate surface area is 259 Å². The van der Waals surface area contributed by atoms with Crippen molar-refractivity contribution >= 4 is 46.8 Å². The Morgan fingerprint density at radius 2 is 1.02 bits per heavy atom. The fourth-order valence-electron chi connectivity index (χ4n) is 4.26. The smallest absolute Gasteiger partial charge is 0.544 e. The normalized spacial score (nSPS) is 35.0. The first kappa shape index (κ1) is 41.2. The minimum Gasteiger partial charge on any atom is -0.544 e. The van der Waals surface area contributed by atoms with E-state index in [1.807, 2.05) is 0 Å². The van der Waals surface area contributed by atoms with E-state index in [1.54, 1.807) is 0 Å². The molecule has 0 bridgehead atoms. The van der Waals surface area contributed by atoms with Gasteiger partial charge in [-0.05, 0) is 0 Å². The molecule has 12 N–H and O–H groups in total. The molecule has 2 fully saturated rings. The molecular weight excluding hydrogens is 605 g/mol. The third-order valence-electron chi connectivity index (χ3n) is 6.38. The van der Waals surface area contributed by atoms with E-state index in [-0.39, 0.29) is 23.1 Å². The maximum absolute atomic E-state index is 11.1. The van der Waals surface area contributed by atoms with Crippen molar-refractivity contribution in [3.8, 4) is 0 Å². The van der Waals surface area contributed by atoms with E-state index >= 15 is 0 Å². The summed E-state index contributed by atoms with van der Waals surface area (Å²) in [4.78, 5) is 44.0. The van der Waals surface area contributed by atoms with Gasteiger partial charge >= 0.3 is 23.1 Å². The second kappa shape index (κ2) is 17.0. The number of nitrogens with one attached hydrogen (secondary N) is 2. The van der Waals surface area contributed by atoms with Crippen LogP contribution in [-0.4, -0.2) is 184 Å². The number of amides is 2. The minimum absolute atomic E-state index is 0. The Balaban J connectivity index is 0.000000802. The van der Waals surface area contributed by atoms with E-state index in [4.69, 9.17) is 19.7 Å². The summed E-state index contributed by atoms with van der Waals surface area (Å²) >= 11 is 0. The van der Waals surface area contributed by atoms with Crippen LogP contribution in [0.1, 0.15) is 26.7 Å². The van der Waals surface area contributed by atoms with Gasteiger partial charge in [0.25, 0.3) is 0 Å². The van der Waals surface area contributed by atoms with Crippen LogP contribution in [0.3, 0.4) is 0 Å². The Hall–Kier alpha value is -1.83. The number of hydrogen-bond donors (Lipinski definition) is 12. The summed E-state index contributed by atoms with van der Waals surface area (Å²) in [5.74, 6) is -11.1. The minimum atomic E-state index is -2.89. The van der Waals surface area contributed by atoms with E-state index in [0.717, 1.165) is 13.8 Å². The van der Waals surface area contributed by atoms with E-state index in [1.165, 1.54) is 0 Å². The zero-order valence-corrected chi connectivity index (χ0v) is 24.5. The molecule has 0 aromatic rings. The van der Waals surface area contributed by atoms with Crippen molar-refractivity contribution in [2.24, 2.45) is 0 Å². The van der Waals surface area contributed by atoms with Crippen LogP contribution in [0.2, 0.25) is 0 Å².